The number of hydrogen-bond acceptors (Lipinski definition) is 0. The second-order valence-electron chi connectivity index (χ2n) is 4.84. The molecule has 20 heavy (non-hydrogen) atoms. The number of rotatable bonds is 1. The average molecular weight is 270 g/mol. The topological polar surface area (TPSA) is 0 Å². The lowest BCUT2D eigenvalue weighted by Crippen LogP contribution is -1.87. The minimum Gasteiger partial charge on any atom is -0.0683 e. The summed E-state index contributed by atoms with van der Waals surface area (Å²) in [6.45, 7) is 14.7. The fourth-order valence-corrected chi connectivity index (χ4v) is 1.90. The number of benzene rings is 2. The lowest BCUT2D eigenvalue weighted by Gasteiger charge is -2.09. The van der Waals surface area contributed by atoms with Gasteiger partial charge >= 0.3 is 0 Å². The van der Waals surface area contributed by atoms with E-state index in [4.69, 9.17) is 0 Å². The van der Waals surface area contributed by atoms with E-state index in [1.807, 2.05) is 13.8 Å². The lowest BCUT2D eigenvalue weighted by molar-refractivity contribution is 1.09. The summed E-state index contributed by atoms with van der Waals surface area (Å²) in [5.41, 5.74) is 6.70. The van der Waals surface area contributed by atoms with Crippen molar-refractivity contribution in [2.24, 2.45) is 0 Å². The van der Waals surface area contributed by atoms with E-state index in [0.29, 0.717) is 0 Å². The first-order valence-corrected chi connectivity index (χ1v) is 7.73. The van der Waals surface area contributed by atoms with Crippen molar-refractivity contribution in [2.75, 3.05) is 0 Å². The molecule has 2 aromatic carbocycles. The summed E-state index contributed by atoms with van der Waals surface area (Å²) in [4.78, 5) is 0. The van der Waals surface area contributed by atoms with Gasteiger partial charge in [0.1, 0.15) is 0 Å². The standard InChI is InChI=1S/C15H16.C3H8.C2H6/c1-11-8-9-13(3)15(10-11)14-7-5-4-6-12(14)2;1-3-2;1-2/h4-10H,1-3H3;3H2,1-2H3;1-2H3. The van der Waals surface area contributed by atoms with Crippen molar-refractivity contribution in [1.29, 1.82) is 0 Å². The van der Waals surface area contributed by atoms with Crippen molar-refractivity contribution < 1.29 is 0 Å². The Morgan fingerprint density at radius 1 is 0.700 bits per heavy atom. The molecule has 0 aliphatic heterocycles. The van der Waals surface area contributed by atoms with Crippen molar-refractivity contribution in [2.45, 2.75) is 54.9 Å². The van der Waals surface area contributed by atoms with Gasteiger partial charge in [-0.05, 0) is 43.0 Å². The normalized spacial score (nSPS) is 8.95. The Labute approximate surface area is 125 Å². The fraction of sp³-hybridized carbons (Fsp3) is 0.400. The molecule has 2 rings (SSSR count). The summed E-state index contributed by atoms with van der Waals surface area (Å²) in [5.74, 6) is 0. The van der Waals surface area contributed by atoms with Gasteiger partial charge in [-0.25, -0.2) is 0 Å². The zero-order chi connectivity index (χ0) is 15.5. The highest BCUT2D eigenvalue weighted by Crippen LogP contribution is 2.27. The Morgan fingerprint density at radius 2 is 1.20 bits per heavy atom. The number of hydrogen-bond donors (Lipinski definition) is 0. The van der Waals surface area contributed by atoms with E-state index in [9.17, 15) is 0 Å². The van der Waals surface area contributed by atoms with Crippen LogP contribution in [0, 0.1) is 20.8 Å². The largest absolute Gasteiger partial charge is 0.0683 e. The van der Waals surface area contributed by atoms with E-state index in [0.717, 1.165) is 0 Å². The second kappa shape index (κ2) is 10.3. The van der Waals surface area contributed by atoms with Crippen molar-refractivity contribution in [3.05, 3.63) is 59.2 Å². The monoisotopic (exact) mass is 270 g/mol. The fourth-order valence-electron chi connectivity index (χ4n) is 1.90. The Hall–Kier alpha value is -1.56. The molecule has 0 N–H and O–H groups in total. The van der Waals surface area contributed by atoms with Crippen LogP contribution in [-0.2, 0) is 0 Å². The quantitative estimate of drug-likeness (QED) is 0.539. The molecule has 0 aromatic heterocycles. The second-order valence-corrected chi connectivity index (χ2v) is 4.84. The molecule has 0 saturated carbocycles. The first-order chi connectivity index (χ1) is 9.60. The van der Waals surface area contributed by atoms with Crippen LogP contribution in [0.3, 0.4) is 0 Å². The molecule has 0 radical (unpaired) electrons. The highest BCUT2D eigenvalue weighted by molar-refractivity contribution is 5.70. The highest BCUT2D eigenvalue weighted by Gasteiger charge is 2.03. The van der Waals surface area contributed by atoms with E-state index in [1.54, 1.807) is 0 Å². The molecule has 110 valence electrons. The van der Waals surface area contributed by atoms with Crippen LogP contribution in [-0.4, -0.2) is 0 Å². The molecular weight excluding hydrogens is 240 g/mol. The Kier molecular flexibility index (Phi) is 9.45. The molecule has 2 aromatic rings. The third-order valence-corrected chi connectivity index (χ3v) is 2.83. The van der Waals surface area contributed by atoms with Crippen LogP contribution in [0.4, 0.5) is 0 Å². The van der Waals surface area contributed by atoms with Crippen molar-refractivity contribution in [3.63, 3.8) is 0 Å². The maximum atomic E-state index is 2.26. The SMILES string of the molecule is CC.CCC.Cc1ccc(C)c(-c2ccccc2C)c1. The Balaban J connectivity index is 0.000000641. The van der Waals surface area contributed by atoms with Gasteiger partial charge < -0.3 is 0 Å². The van der Waals surface area contributed by atoms with Gasteiger partial charge in [-0.2, -0.15) is 0 Å². The van der Waals surface area contributed by atoms with Crippen LogP contribution < -0.4 is 0 Å². The minimum atomic E-state index is 1.25. The molecule has 0 heterocycles. The molecule has 0 saturated heterocycles. The molecule has 0 heteroatoms. The maximum Gasteiger partial charge on any atom is -0.0149 e. The van der Waals surface area contributed by atoms with Gasteiger partial charge in [0.05, 0.1) is 0 Å². The first kappa shape index (κ1) is 18.4. The van der Waals surface area contributed by atoms with Crippen LogP contribution in [0.2, 0.25) is 0 Å². The molecule has 0 spiro atoms. The first-order valence-electron chi connectivity index (χ1n) is 7.73. The zero-order valence-corrected chi connectivity index (χ0v) is 14.2. The predicted octanol–water partition coefficient (Wildman–Crippen LogP) is 6.72. The van der Waals surface area contributed by atoms with E-state index in [1.165, 1.54) is 34.2 Å². The molecule has 0 aliphatic rings. The Bertz CT molecular complexity index is 495. The summed E-state index contributed by atoms with van der Waals surface area (Å²) < 4.78 is 0. The van der Waals surface area contributed by atoms with Crippen molar-refractivity contribution in [1.82, 2.24) is 0 Å². The molecular formula is C20H30. The van der Waals surface area contributed by atoms with E-state index in [-0.39, 0.29) is 0 Å². The van der Waals surface area contributed by atoms with Gasteiger partial charge in [0.15, 0.2) is 0 Å². The summed E-state index contributed by atoms with van der Waals surface area (Å²) in [6, 6.07) is 15.2. The van der Waals surface area contributed by atoms with Crippen LogP contribution in [0.25, 0.3) is 11.1 Å². The van der Waals surface area contributed by atoms with Crippen LogP contribution >= 0.6 is 0 Å². The van der Waals surface area contributed by atoms with Crippen molar-refractivity contribution in [3.8, 4) is 11.1 Å². The van der Waals surface area contributed by atoms with E-state index in [2.05, 4.69) is 77.1 Å². The summed E-state index contributed by atoms with van der Waals surface area (Å²) in [6.07, 6.45) is 1.25. The van der Waals surface area contributed by atoms with Gasteiger partial charge in [-0.1, -0.05) is 82.1 Å². The van der Waals surface area contributed by atoms with E-state index >= 15 is 0 Å². The van der Waals surface area contributed by atoms with Crippen LogP contribution in [0.1, 0.15) is 50.8 Å². The van der Waals surface area contributed by atoms with Gasteiger partial charge in [0, 0.05) is 0 Å². The smallest absolute Gasteiger partial charge is 0.0149 e. The maximum absolute atomic E-state index is 2.26. The summed E-state index contributed by atoms with van der Waals surface area (Å²) in [7, 11) is 0. The summed E-state index contributed by atoms with van der Waals surface area (Å²) >= 11 is 0. The number of aryl methyl sites for hydroxylation is 3. The third-order valence-electron chi connectivity index (χ3n) is 2.83. The lowest BCUT2D eigenvalue weighted by atomic mass is 9.95. The van der Waals surface area contributed by atoms with Gasteiger partial charge in [0.2, 0.25) is 0 Å². The molecule has 0 aliphatic carbocycles. The van der Waals surface area contributed by atoms with Gasteiger partial charge in [0.25, 0.3) is 0 Å². The molecule has 0 nitrogen and oxygen atoms in total. The van der Waals surface area contributed by atoms with E-state index < -0.39 is 0 Å². The highest BCUT2D eigenvalue weighted by atomic mass is 14.1. The van der Waals surface area contributed by atoms with Gasteiger partial charge in [-0.3, -0.25) is 0 Å². The van der Waals surface area contributed by atoms with Crippen molar-refractivity contribution >= 4 is 0 Å². The third kappa shape index (κ3) is 5.61. The minimum absolute atomic E-state index is 1.25. The average Bonchev–Trinajstić information content (AvgIpc) is 2.45. The van der Waals surface area contributed by atoms with Crippen LogP contribution in [0.15, 0.2) is 42.5 Å². The molecule has 0 bridgehead atoms. The zero-order valence-electron chi connectivity index (χ0n) is 14.2. The molecule has 0 unspecified atom stereocenters. The van der Waals surface area contributed by atoms with Crippen LogP contribution in [0.5, 0.6) is 0 Å². The molecule has 0 atom stereocenters. The predicted molar refractivity (Wildman–Crippen MR) is 93.4 cm³/mol. The van der Waals surface area contributed by atoms with Gasteiger partial charge in [-0.15, -0.1) is 0 Å². The molecule has 0 fully saturated rings. The Morgan fingerprint density at radius 3 is 1.75 bits per heavy atom. The molecule has 0 amide bonds. The summed E-state index contributed by atoms with van der Waals surface area (Å²) in [5, 5.41) is 0.